The molecule has 0 spiro atoms. The summed E-state index contributed by atoms with van der Waals surface area (Å²) in [6.45, 7) is 6.25. The molecule has 0 atom stereocenters. The Bertz CT molecular complexity index is 832. The summed E-state index contributed by atoms with van der Waals surface area (Å²) in [5.74, 6) is 0.751. The first kappa shape index (κ1) is 14.0. The summed E-state index contributed by atoms with van der Waals surface area (Å²) >= 11 is 0. The van der Waals surface area contributed by atoms with Crippen molar-refractivity contribution in [3.05, 3.63) is 52.5 Å². The molecule has 0 unspecified atom stereocenters. The number of aromatic nitrogens is 4. The Morgan fingerprint density at radius 3 is 2.50 bits per heavy atom. The maximum Gasteiger partial charge on any atom is 0.190 e. The van der Waals surface area contributed by atoms with Crippen molar-refractivity contribution in [2.45, 2.75) is 27.3 Å². The highest BCUT2D eigenvalue weighted by Crippen LogP contribution is 2.24. The van der Waals surface area contributed by atoms with Crippen LogP contribution in [-0.2, 0) is 6.54 Å². The van der Waals surface area contributed by atoms with Crippen LogP contribution in [0, 0.1) is 32.1 Å². The van der Waals surface area contributed by atoms with Crippen LogP contribution in [0.4, 0.5) is 0 Å². The fourth-order valence-corrected chi connectivity index (χ4v) is 2.37. The van der Waals surface area contributed by atoms with Crippen molar-refractivity contribution in [3.8, 4) is 17.3 Å². The monoisotopic (exact) mass is 293 g/mol. The molecule has 110 valence electrons. The zero-order chi connectivity index (χ0) is 15.7. The summed E-state index contributed by atoms with van der Waals surface area (Å²) < 4.78 is 6.90. The number of hydrogen-bond acceptors (Lipinski definition) is 5. The average molecular weight is 293 g/mol. The number of hydrogen-bond donors (Lipinski definition) is 0. The average Bonchev–Trinajstić information content (AvgIpc) is 3.06. The third kappa shape index (κ3) is 2.37. The van der Waals surface area contributed by atoms with Crippen molar-refractivity contribution in [1.82, 2.24) is 20.2 Å². The molecule has 0 aliphatic carbocycles. The van der Waals surface area contributed by atoms with Crippen molar-refractivity contribution in [2.75, 3.05) is 0 Å². The van der Waals surface area contributed by atoms with Gasteiger partial charge in [-0.05, 0) is 20.8 Å². The highest BCUT2D eigenvalue weighted by molar-refractivity contribution is 5.65. The molecule has 2 heterocycles. The van der Waals surface area contributed by atoms with E-state index in [0.29, 0.717) is 17.9 Å². The van der Waals surface area contributed by atoms with E-state index in [4.69, 9.17) is 4.52 Å². The van der Waals surface area contributed by atoms with Gasteiger partial charge in [-0.25, -0.2) is 4.68 Å². The van der Waals surface area contributed by atoms with E-state index in [2.05, 4.69) is 21.5 Å². The van der Waals surface area contributed by atoms with Gasteiger partial charge in [-0.15, -0.1) is 5.10 Å². The number of nitriles is 1. The van der Waals surface area contributed by atoms with Crippen molar-refractivity contribution in [2.24, 2.45) is 0 Å². The smallest absolute Gasteiger partial charge is 0.190 e. The quantitative estimate of drug-likeness (QED) is 0.741. The molecule has 3 rings (SSSR count). The van der Waals surface area contributed by atoms with Crippen LogP contribution in [-0.4, -0.2) is 20.2 Å². The second-order valence-electron chi connectivity index (χ2n) is 5.22. The number of aryl methyl sites for hydroxylation is 3. The van der Waals surface area contributed by atoms with Gasteiger partial charge in [0.1, 0.15) is 17.5 Å². The summed E-state index contributed by atoms with van der Waals surface area (Å²) in [6.07, 6.45) is 0. The Morgan fingerprint density at radius 1 is 1.18 bits per heavy atom. The minimum absolute atomic E-state index is 0.315. The molecule has 0 saturated carbocycles. The van der Waals surface area contributed by atoms with Gasteiger partial charge in [0, 0.05) is 11.1 Å². The van der Waals surface area contributed by atoms with E-state index in [0.717, 1.165) is 28.1 Å². The summed E-state index contributed by atoms with van der Waals surface area (Å²) in [5, 5.41) is 21.3. The first-order chi connectivity index (χ1) is 10.6. The Hall–Kier alpha value is -2.94. The summed E-state index contributed by atoms with van der Waals surface area (Å²) in [4.78, 5) is 0. The van der Waals surface area contributed by atoms with Gasteiger partial charge < -0.3 is 4.52 Å². The predicted octanol–water partition coefficient (Wildman–Crippen LogP) is 2.78. The van der Waals surface area contributed by atoms with Crippen LogP contribution in [0.2, 0.25) is 0 Å². The lowest BCUT2D eigenvalue weighted by molar-refractivity contribution is 0.391. The molecule has 0 radical (unpaired) electrons. The Labute approximate surface area is 128 Å². The highest BCUT2D eigenvalue weighted by atomic mass is 16.5. The van der Waals surface area contributed by atoms with Crippen LogP contribution in [0.15, 0.2) is 28.8 Å². The van der Waals surface area contributed by atoms with Crippen molar-refractivity contribution < 1.29 is 4.52 Å². The molecular weight excluding hydrogens is 278 g/mol. The van der Waals surface area contributed by atoms with Crippen LogP contribution in [0.3, 0.4) is 0 Å². The molecule has 2 aromatic heterocycles. The first-order valence-electron chi connectivity index (χ1n) is 6.92. The van der Waals surface area contributed by atoms with Crippen LogP contribution in [0.1, 0.15) is 28.3 Å². The van der Waals surface area contributed by atoms with E-state index >= 15 is 0 Å². The summed E-state index contributed by atoms with van der Waals surface area (Å²) in [7, 11) is 0. The van der Waals surface area contributed by atoms with Gasteiger partial charge in [-0.3, -0.25) is 0 Å². The largest absolute Gasteiger partial charge is 0.361 e. The number of benzene rings is 1. The van der Waals surface area contributed by atoms with Gasteiger partial charge in [0.05, 0.1) is 12.2 Å². The zero-order valence-corrected chi connectivity index (χ0v) is 12.7. The van der Waals surface area contributed by atoms with E-state index in [1.165, 1.54) is 0 Å². The molecule has 0 fully saturated rings. The molecule has 6 heteroatoms. The van der Waals surface area contributed by atoms with E-state index in [-0.39, 0.29) is 0 Å². The summed E-state index contributed by atoms with van der Waals surface area (Å²) in [6, 6.07) is 10.1. The topological polar surface area (TPSA) is 80.5 Å². The molecule has 0 aliphatic heterocycles. The Morgan fingerprint density at radius 2 is 1.91 bits per heavy atom. The number of nitrogens with zero attached hydrogens (tertiary/aromatic N) is 5. The molecule has 0 N–H and O–H groups in total. The van der Waals surface area contributed by atoms with Gasteiger partial charge in [-0.1, -0.05) is 40.2 Å². The van der Waals surface area contributed by atoms with E-state index in [1.807, 2.05) is 45.0 Å². The zero-order valence-electron chi connectivity index (χ0n) is 12.7. The van der Waals surface area contributed by atoms with Crippen LogP contribution >= 0.6 is 0 Å². The molecule has 0 amide bonds. The maximum absolute atomic E-state index is 9.29. The van der Waals surface area contributed by atoms with Crippen molar-refractivity contribution >= 4 is 0 Å². The molecule has 0 bridgehead atoms. The second-order valence-corrected chi connectivity index (χ2v) is 5.22. The Balaban J connectivity index is 2.08. The normalized spacial score (nSPS) is 10.6. The fraction of sp³-hybridized carbons (Fsp3) is 0.250. The molecule has 3 aromatic rings. The van der Waals surface area contributed by atoms with Gasteiger partial charge in [0.2, 0.25) is 0 Å². The van der Waals surface area contributed by atoms with Gasteiger partial charge in [0.15, 0.2) is 5.69 Å². The SMILES string of the molecule is Cc1ccc(-c2c(C#N)nnn2Cc2c(C)noc2C)cc1. The van der Waals surface area contributed by atoms with Crippen molar-refractivity contribution in [3.63, 3.8) is 0 Å². The molecular formula is C16H15N5O. The first-order valence-corrected chi connectivity index (χ1v) is 6.92. The second kappa shape index (κ2) is 5.45. The third-order valence-corrected chi connectivity index (χ3v) is 3.66. The molecule has 6 nitrogen and oxygen atoms in total. The third-order valence-electron chi connectivity index (χ3n) is 3.66. The van der Waals surface area contributed by atoms with Crippen LogP contribution in [0.5, 0.6) is 0 Å². The van der Waals surface area contributed by atoms with Crippen molar-refractivity contribution in [1.29, 1.82) is 5.26 Å². The van der Waals surface area contributed by atoms with Gasteiger partial charge in [0.25, 0.3) is 0 Å². The molecule has 1 aromatic carbocycles. The minimum atomic E-state index is 0.315. The lowest BCUT2D eigenvalue weighted by atomic mass is 10.1. The molecule has 0 aliphatic rings. The lowest BCUT2D eigenvalue weighted by Crippen LogP contribution is -2.06. The molecule has 22 heavy (non-hydrogen) atoms. The van der Waals surface area contributed by atoms with Crippen LogP contribution < -0.4 is 0 Å². The summed E-state index contributed by atoms with van der Waals surface area (Å²) in [5.41, 5.74) is 4.88. The predicted molar refractivity (Wildman–Crippen MR) is 80.0 cm³/mol. The molecule has 0 saturated heterocycles. The number of rotatable bonds is 3. The fourth-order valence-electron chi connectivity index (χ4n) is 2.37. The minimum Gasteiger partial charge on any atom is -0.361 e. The Kier molecular flexibility index (Phi) is 3.47. The van der Waals surface area contributed by atoms with E-state index < -0.39 is 0 Å². The standard InChI is InChI=1S/C16H15N5O/c1-10-4-6-13(7-5-10)16-15(8-17)18-20-21(16)9-14-11(2)19-22-12(14)3/h4-7H,9H2,1-3H3. The van der Waals surface area contributed by atoms with Crippen LogP contribution in [0.25, 0.3) is 11.3 Å². The van der Waals surface area contributed by atoms with Gasteiger partial charge >= 0.3 is 0 Å². The van der Waals surface area contributed by atoms with E-state index in [9.17, 15) is 5.26 Å². The lowest BCUT2D eigenvalue weighted by Gasteiger charge is -2.07. The van der Waals surface area contributed by atoms with E-state index in [1.54, 1.807) is 4.68 Å². The maximum atomic E-state index is 9.29. The van der Waals surface area contributed by atoms with Gasteiger partial charge in [-0.2, -0.15) is 5.26 Å². The highest BCUT2D eigenvalue weighted by Gasteiger charge is 2.18.